The maximum atomic E-state index is 13.2. The monoisotopic (exact) mass is 534 g/mol. The summed E-state index contributed by atoms with van der Waals surface area (Å²) in [4.78, 5) is 9.34. The first-order chi connectivity index (χ1) is 18.1. The minimum absolute atomic E-state index is 0.226. The Hall–Kier alpha value is -2.86. The van der Waals surface area contributed by atoms with Crippen LogP contribution in [-0.2, 0) is 12.6 Å². The molecule has 0 atom stereocenters. The number of rotatable bonds is 5. The fraction of sp³-hybridized carbons (Fsp3) is 0.654. The van der Waals surface area contributed by atoms with Crippen LogP contribution in [0.3, 0.4) is 0 Å². The number of hydrogen-bond donors (Lipinski definition) is 0. The van der Waals surface area contributed by atoms with Crippen molar-refractivity contribution in [3.8, 4) is 5.75 Å². The Morgan fingerprint density at radius 1 is 0.816 bits per heavy atom. The van der Waals surface area contributed by atoms with Gasteiger partial charge in [-0.05, 0) is 45.0 Å². The third-order valence-electron chi connectivity index (χ3n) is 7.59. The third-order valence-corrected chi connectivity index (χ3v) is 7.59. The second-order valence-corrected chi connectivity index (χ2v) is 11.1. The van der Waals surface area contributed by atoms with Crippen molar-refractivity contribution in [2.45, 2.75) is 45.3 Å². The van der Waals surface area contributed by atoms with Gasteiger partial charge in [0.2, 0.25) is 0 Å². The highest BCUT2D eigenvalue weighted by Crippen LogP contribution is 2.30. The lowest BCUT2D eigenvalue weighted by Crippen LogP contribution is -2.53. The Balaban J connectivity index is 1.08. The Morgan fingerprint density at radius 2 is 1.47 bits per heavy atom. The van der Waals surface area contributed by atoms with Crippen molar-refractivity contribution >= 4 is 11.5 Å². The van der Waals surface area contributed by atoms with Crippen LogP contribution >= 0.6 is 0 Å². The molecule has 2 fully saturated rings. The molecule has 0 amide bonds. The molecule has 4 heterocycles. The molecule has 1 aromatic heterocycles. The summed E-state index contributed by atoms with van der Waals surface area (Å²) in [5.41, 5.74) is 1.34. The number of hydrogen-bond acceptors (Lipinski definition) is 8. The van der Waals surface area contributed by atoms with E-state index in [1.54, 1.807) is 0 Å². The number of ether oxygens (including phenoxy) is 1. The topological polar surface area (TPSA) is 65.3 Å². The normalized spacial score (nSPS) is 19.9. The number of halogens is 3. The lowest BCUT2D eigenvalue weighted by molar-refractivity contribution is -0.147. The van der Waals surface area contributed by atoms with Gasteiger partial charge in [0.05, 0.1) is 0 Å². The van der Waals surface area contributed by atoms with Gasteiger partial charge >= 0.3 is 6.18 Å². The van der Waals surface area contributed by atoms with E-state index in [9.17, 15) is 13.2 Å². The van der Waals surface area contributed by atoms with E-state index in [1.807, 2.05) is 12.1 Å². The molecular formula is C26H37F3N8O. The van der Waals surface area contributed by atoms with E-state index in [0.717, 1.165) is 61.9 Å². The highest BCUT2D eigenvalue weighted by atomic mass is 19.4. The molecule has 0 radical (unpaired) electrons. The number of aromatic nitrogens is 3. The SMILES string of the molecule is CC(C)(C)N1CCN(CCOc2ccc(N3CCN(C4=Nn5c(nnc5C(F)(F)F)CC4)CC3)cc2)CC1. The van der Waals surface area contributed by atoms with Crippen LogP contribution in [0, 0.1) is 0 Å². The van der Waals surface area contributed by atoms with Crippen molar-refractivity contribution in [2.24, 2.45) is 5.10 Å². The quantitative estimate of drug-likeness (QED) is 0.585. The predicted octanol–water partition coefficient (Wildman–Crippen LogP) is 3.02. The summed E-state index contributed by atoms with van der Waals surface area (Å²) in [6.07, 6.45) is -3.61. The average molecular weight is 535 g/mol. The van der Waals surface area contributed by atoms with Crippen LogP contribution in [0.2, 0.25) is 0 Å². The number of amidine groups is 1. The zero-order chi connectivity index (χ0) is 26.9. The van der Waals surface area contributed by atoms with Gasteiger partial charge in [-0.1, -0.05) is 0 Å². The summed E-state index contributed by atoms with van der Waals surface area (Å²) in [7, 11) is 0. The maximum Gasteiger partial charge on any atom is 0.453 e. The number of piperazine rings is 2. The first-order valence-electron chi connectivity index (χ1n) is 13.4. The number of alkyl halides is 3. The standard InChI is InChI=1S/C26H37F3N8O/c1-25(2,3)36-16-10-33(11-17-36)18-19-38-21-6-4-20(5-7-21)34-12-14-35(15-13-34)23-9-8-22-30-31-24(26(27,28)29)37(22)32-23/h4-7H,8-19H2,1-3H3. The highest BCUT2D eigenvalue weighted by Gasteiger charge is 2.40. The molecule has 9 nitrogen and oxygen atoms in total. The zero-order valence-corrected chi connectivity index (χ0v) is 22.4. The predicted molar refractivity (Wildman–Crippen MR) is 140 cm³/mol. The Kier molecular flexibility index (Phi) is 7.54. The molecule has 0 aliphatic carbocycles. The van der Waals surface area contributed by atoms with Crippen LogP contribution in [-0.4, -0.2) is 106 Å². The van der Waals surface area contributed by atoms with Gasteiger partial charge in [-0.15, -0.1) is 10.2 Å². The molecule has 0 N–H and O–H groups in total. The van der Waals surface area contributed by atoms with Crippen LogP contribution in [0.1, 0.15) is 38.8 Å². The van der Waals surface area contributed by atoms with E-state index >= 15 is 0 Å². The van der Waals surface area contributed by atoms with Gasteiger partial charge in [0.1, 0.15) is 18.2 Å². The van der Waals surface area contributed by atoms with E-state index < -0.39 is 12.0 Å². The molecule has 2 saturated heterocycles. The van der Waals surface area contributed by atoms with Gasteiger partial charge in [-0.25, -0.2) is 0 Å². The van der Waals surface area contributed by atoms with Gasteiger partial charge < -0.3 is 14.5 Å². The lowest BCUT2D eigenvalue weighted by atomic mass is 10.1. The minimum atomic E-state index is -4.58. The highest BCUT2D eigenvalue weighted by molar-refractivity contribution is 5.83. The summed E-state index contributed by atoms with van der Waals surface area (Å²) in [5.74, 6) is 0.715. The molecule has 3 aliphatic rings. The molecular weight excluding hydrogens is 497 g/mol. The molecule has 1 aromatic carbocycles. The number of aryl methyl sites for hydroxylation is 1. The molecule has 0 unspecified atom stereocenters. The van der Waals surface area contributed by atoms with Gasteiger partial charge in [-0.2, -0.15) is 22.9 Å². The number of benzene rings is 1. The van der Waals surface area contributed by atoms with Crippen molar-refractivity contribution in [1.29, 1.82) is 0 Å². The van der Waals surface area contributed by atoms with Gasteiger partial charge in [0.25, 0.3) is 5.82 Å². The number of anilines is 1. The molecule has 208 valence electrons. The number of fused-ring (bicyclic) bond motifs is 1. The van der Waals surface area contributed by atoms with E-state index in [0.29, 0.717) is 38.4 Å². The van der Waals surface area contributed by atoms with Gasteiger partial charge in [-0.3, -0.25) is 9.80 Å². The van der Waals surface area contributed by atoms with E-state index in [1.165, 1.54) is 0 Å². The largest absolute Gasteiger partial charge is 0.492 e. The van der Waals surface area contributed by atoms with Crippen LogP contribution in [0.25, 0.3) is 0 Å². The summed E-state index contributed by atoms with van der Waals surface area (Å²) in [6.45, 7) is 15.6. The average Bonchev–Trinajstić information content (AvgIpc) is 3.33. The van der Waals surface area contributed by atoms with Crippen molar-refractivity contribution in [3.63, 3.8) is 0 Å². The fourth-order valence-electron chi connectivity index (χ4n) is 5.27. The Bertz CT molecular complexity index is 1110. The van der Waals surface area contributed by atoms with E-state index in [2.05, 4.69) is 67.8 Å². The zero-order valence-electron chi connectivity index (χ0n) is 22.4. The summed E-state index contributed by atoms with van der Waals surface area (Å²) >= 11 is 0. The lowest BCUT2D eigenvalue weighted by Gasteiger charge is -2.42. The van der Waals surface area contributed by atoms with Crippen molar-refractivity contribution in [2.75, 3.05) is 70.4 Å². The number of nitrogens with zero attached hydrogens (tertiary/aromatic N) is 8. The molecule has 0 spiro atoms. The third kappa shape index (κ3) is 6.06. The van der Waals surface area contributed by atoms with E-state index in [4.69, 9.17) is 4.74 Å². The van der Waals surface area contributed by atoms with Crippen LogP contribution in [0.4, 0.5) is 18.9 Å². The molecule has 0 saturated carbocycles. The Morgan fingerprint density at radius 3 is 2.11 bits per heavy atom. The first-order valence-corrected chi connectivity index (χ1v) is 13.4. The van der Waals surface area contributed by atoms with Crippen LogP contribution in [0.5, 0.6) is 5.75 Å². The van der Waals surface area contributed by atoms with Gasteiger partial charge in [0.15, 0.2) is 5.82 Å². The molecule has 5 rings (SSSR count). The van der Waals surface area contributed by atoms with Crippen molar-refractivity contribution < 1.29 is 17.9 Å². The molecule has 0 bridgehead atoms. The molecule has 12 heteroatoms. The van der Waals surface area contributed by atoms with E-state index in [-0.39, 0.29) is 11.4 Å². The van der Waals surface area contributed by atoms with Gasteiger partial charge in [0, 0.05) is 83.0 Å². The molecule has 38 heavy (non-hydrogen) atoms. The molecule has 2 aromatic rings. The fourth-order valence-corrected chi connectivity index (χ4v) is 5.27. The maximum absolute atomic E-state index is 13.2. The smallest absolute Gasteiger partial charge is 0.453 e. The second-order valence-electron chi connectivity index (χ2n) is 11.1. The molecule has 3 aliphatic heterocycles. The summed E-state index contributed by atoms with van der Waals surface area (Å²) < 4.78 is 46.5. The summed E-state index contributed by atoms with van der Waals surface area (Å²) in [6, 6.07) is 8.17. The van der Waals surface area contributed by atoms with Crippen molar-refractivity contribution in [3.05, 3.63) is 35.9 Å². The van der Waals surface area contributed by atoms with Crippen LogP contribution < -0.4 is 9.64 Å². The van der Waals surface area contributed by atoms with Crippen LogP contribution in [0.15, 0.2) is 29.4 Å². The second kappa shape index (κ2) is 10.7. The minimum Gasteiger partial charge on any atom is -0.492 e. The first kappa shape index (κ1) is 26.7. The Labute approximate surface area is 221 Å². The summed E-state index contributed by atoms with van der Waals surface area (Å²) in [5, 5.41) is 11.2. The van der Waals surface area contributed by atoms with Crippen molar-refractivity contribution in [1.82, 2.24) is 29.6 Å².